The fourth-order valence-electron chi connectivity index (χ4n) is 5.33. The molecule has 0 atom stereocenters. The molecule has 0 radical (unpaired) electrons. The third-order valence-electron chi connectivity index (χ3n) is 7.49. The molecule has 0 N–H and O–H groups in total. The van der Waals surface area contributed by atoms with E-state index in [0.717, 1.165) is 73.9 Å². The Balaban J connectivity index is 2.00. The zero-order valence-electron chi connectivity index (χ0n) is 23.4. The van der Waals surface area contributed by atoms with E-state index in [0.29, 0.717) is 0 Å². The molecule has 0 spiro atoms. The summed E-state index contributed by atoms with van der Waals surface area (Å²) in [5.41, 5.74) is 21.5. The predicted octanol–water partition coefficient (Wildman–Crippen LogP) is 10.7. The molecule has 0 aromatic heterocycles. The molecule has 3 rings (SSSR count). The minimum Gasteiger partial charge on any atom is -0.493 e. The normalized spacial score (nSPS) is 13.8. The molecule has 1 heterocycles. The van der Waals surface area contributed by atoms with E-state index in [4.69, 9.17) is 0 Å². The highest BCUT2D eigenvalue weighted by Gasteiger charge is 2.35. The summed E-state index contributed by atoms with van der Waals surface area (Å²) in [5.74, 6) is 0. The highest BCUT2D eigenvalue weighted by atomic mass is 15.2. The summed E-state index contributed by atoms with van der Waals surface area (Å²) in [6, 6.07) is 17.9. The molecule has 0 bridgehead atoms. The van der Waals surface area contributed by atoms with Crippen molar-refractivity contribution in [3.05, 3.63) is 87.5 Å². The van der Waals surface area contributed by atoms with Gasteiger partial charge in [0.2, 0.25) is 11.4 Å². The van der Waals surface area contributed by atoms with Gasteiger partial charge in [0.1, 0.15) is 0 Å². The molecule has 1 aliphatic heterocycles. The molecule has 2 aromatic carbocycles. The molecule has 0 saturated heterocycles. The number of allylic oxidation sites excluding steroid dienone is 2. The third kappa shape index (κ3) is 7.28. The van der Waals surface area contributed by atoms with Gasteiger partial charge < -0.3 is 5.53 Å². The van der Waals surface area contributed by atoms with Gasteiger partial charge in [0.15, 0.2) is 0 Å². The smallest absolute Gasteiger partial charge is 0.211 e. The fourth-order valence-corrected chi connectivity index (χ4v) is 5.33. The van der Waals surface area contributed by atoms with Gasteiger partial charge in [-0.15, -0.1) is 0 Å². The SMILES string of the molecule is CCCCCCc1cccc(C2=C(CCCC)C(CCCC)=C(c3ccc(CCCC)cc3)[N+]2=[N-])c1. The number of rotatable bonds is 16. The van der Waals surface area contributed by atoms with Crippen molar-refractivity contribution in [2.24, 2.45) is 0 Å². The van der Waals surface area contributed by atoms with Crippen molar-refractivity contribution in [1.82, 2.24) is 0 Å². The van der Waals surface area contributed by atoms with Crippen LogP contribution in [0.15, 0.2) is 59.7 Å². The van der Waals surface area contributed by atoms with Gasteiger partial charge in [-0.2, -0.15) is 0 Å². The highest BCUT2D eigenvalue weighted by Crippen LogP contribution is 2.44. The van der Waals surface area contributed by atoms with E-state index in [9.17, 15) is 5.53 Å². The molecule has 194 valence electrons. The van der Waals surface area contributed by atoms with Gasteiger partial charge in [-0.3, -0.25) is 0 Å². The minimum atomic E-state index is 1.000. The Morgan fingerprint density at radius 2 is 1.08 bits per heavy atom. The van der Waals surface area contributed by atoms with Gasteiger partial charge in [0.25, 0.3) is 0 Å². The molecule has 0 saturated carbocycles. The van der Waals surface area contributed by atoms with Crippen LogP contribution < -0.4 is 0 Å². The van der Waals surface area contributed by atoms with Crippen molar-refractivity contribution in [3.63, 3.8) is 0 Å². The van der Waals surface area contributed by atoms with Gasteiger partial charge in [-0.25, -0.2) is 4.70 Å². The molecular weight excluding hydrogens is 436 g/mol. The van der Waals surface area contributed by atoms with Crippen LogP contribution in [-0.4, -0.2) is 4.70 Å². The molecule has 2 aromatic rings. The van der Waals surface area contributed by atoms with Gasteiger partial charge in [0, 0.05) is 22.3 Å². The topological polar surface area (TPSA) is 25.3 Å². The second kappa shape index (κ2) is 14.9. The number of unbranched alkanes of at least 4 members (excludes halogenated alkanes) is 6. The van der Waals surface area contributed by atoms with Crippen LogP contribution in [0.1, 0.15) is 127 Å². The van der Waals surface area contributed by atoms with Crippen molar-refractivity contribution >= 4 is 11.4 Å². The maximum atomic E-state index is 11.8. The molecule has 0 amide bonds. The van der Waals surface area contributed by atoms with Gasteiger partial charge in [-0.05, 0) is 86.8 Å². The number of hydrogen-bond donors (Lipinski definition) is 0. The molecule has 36 heavy (non-hydrogen) atoms. The van der Waals surface area contributed by atoms with E-state index in [1.165, 1.54) is 65.5 Å². The Kier molecular flexibility index (Phi) is 11.7. The summed E-state index contributed by atoms with van der Waals surface area (Å²) in [4.78, 5) is 0. The first-order valence-electron chi connectivity index (χ1n) is 14.8. The lowest BCUT2D eigenvalue weighted by molar-refractivity contribution is -0.345. The highest BCUT2D eigenvalue weighted by molar-refractivity contribution is 5.82. The zero-order valence-corrected chi connectivity index (χ0v) is 23.4. The van der Waals surface area contributed by atoms with Crippen LogP contribution in [0.2, 0.25) is 0 Å². The summed E-state index contributed by atoms with van der Waals surface area (Å²) in [5, 5.41) is 0. The van der Waals surface area contributed by atoms with Crippen LogP contribution >= 0.6 is 0 Å². The van der Waals surface area contributed by atoms with Crippen LogP contribution in [0, 0.1) is 0 Å². The van der Waals surface area contributed by atoms with Crippen LogP contribution in [0.4, 0.5) is 0 Å². The summed E-state index contributed by atoms with van der Waals surface area (Å²) in [6.07, 6.45) is 16.4. The third-order valence-corrected chi connectivity index (χ3v) is 7.49. The van der Waals surface area contributed by atoms with E-state index in [1.54, 1.807) is 0 Å². The predicted molar refractivity (Wildman–Crippen MR) is 156 cm³/mol. The summed E-state index contributed by atoms with van der Waals surface area (Å²) in [7, 11) is 0. The van der Waals surface area contributed by atoms with Crippen LogP contribution in [-0.2, 0) is 12.8 Å². The van der Waals surface area contributed by atoms with E-state index < -0.39 is 0 Å². The van der Waals surface area contributed by atoms with Crippen molar-refractivity contribution in [3.8, 4) is 0 Å². The second-order valence-corrected chi connectivity index (χ2v) is 10.5. The second-order valence-electron chi connectivity index (χ2n) is 10.5. The van der Waals surface area contributed by atoms with Crippen LogP contribution in [0.5, 0.6) is 0 Å². The summed E-state index contributed by atoms with van der Waals surface area (Å²) < 4.78 is 1.53. The monoisotopic (exact) mass is 484 g/mol. The van der Waals surface area contributed by atoms with Gasteiger partial charge in [0.05, 0.1) is 0 Å². The van der Waals surface area contributed by atoms with E-state index >= 15 is 0 Å². The Morgan fingerprint density at radius 3 is 1.69 bits per heavy atom. The Morgan fingerprint density at radius 1 is 0.528 bits per heavy atom. The maximum absolute atomic E-state index is 11.8. The van der Waals surface area contributed by atoms with E-state index in [1.807, 2.05) is 0 Å². The number of benzene rings is 2. The first-order chi connectivity index (χ1) is 17.6. The number of aryl methyl sites for hydroxylation is 2. The average molecular weight is 485 g/mol. The Bertz CT molecular complexity index is 1040. The standard InChI is InChI=1S/C34H48N2/c1-5-9-13-14-17-28-18-15-19-30(26-28)34-32(21-12-8-4)31(20-11-7-3)33(36(34)35)29-24-22-27(23-25-29)16-10-6-2/h15,18-19,22-26H,5-14,16-17,20-21H2,1-4H3. The number of nitrogens with zero attached hydrogens (tertiary/aromatic N) is 2. The lowest BCUT2D eigenvalue weighted by Gasteiger charge is -2.11. The molecule has 0 fully saturated rings. The lowest BCUT2D eigenvalue weighted by atomic mass is 9.91. The van der Waals surface area contributed by atoms with Crippen molar-refractivity contribution in [2.75, 3.05) is 0 Å². The largest absolute Gasteiger partial charge is 0.493 e. The van der Waals surface area contributed by atoms with Crippen LogP contribution in [0.25, 0.3) is 16.9 Å². The van der Waals surface area contributed by atoms with Gasteiger partial charge >= 0.3 is 0 Å². The van der Waals surface area contributed by atoms with E-state index in [2.05, 4.69) is 76.2 Å². The Hall–Kier alpha value is -2.48. The first-order valence-corrected chi connectivity index (χ1v) is 14.8. The van der Waals surface area contributed by atoms with Crippen LogP contribution in [0.3, 0.4) is 0 Å². The molecule has 2 nitrogen and oxygen atoms in total. The maximum Gasteiger partial charge on any atom is 0.211 e. The summed E-state index contributed by atoms with van der Waals surface area (Å²) >= 11 is 0. The lowest BCUT2D eigenvalue weighted by Crippen LogP contribution is -2.03. The van der Waals surface area contributed by atoms with E-state index in [-0.39, 0.29) is 0 Å². The number of hydrogen-bond acceptors (Lipinski definition) is 0. The summed E-state index contributed by atoms with van der Waals surface area (Å²) in [6.45, 7) is 9.02. The molecule has 1 aliphatic rings. The van der Waals surface area contributed by atoms with Crippen molar-refractivity contribution in [1.29, 1.82) is 0 Å². The molecule has 2 heteroatoms. The fraction of sp³-hybridized carbons (Fsp3) is 0.529. The molecule has 0 unspecified atom stereocenters. The minimum absolute atomic E-state index is 1.000. The first kappa shape index (κ1) is 28.1. The zero-order chi connectivity index (χ0) is 25.8. The van der Waals surface area contributed by atoms with Crippen molar-refractivity contribution < 1.29 is 4.70 Å². The Labute approximate surface area is 221 Å². The van der Waals surface area contributed by atoms with Gasteiger partial charge in [-0.1, -0.05) is 90.5 Å². The average Bonchev–Trinajstić information content (AvgIpc) is 3.18. The molecule has 0 aliphatic carbocycles. The van der Waals surface area contributed by atoms with Crippen molar-refractivity contribution in [2.45, 2.75) is 118 Å². The molecular formula is C34H48N2. The quantitative estimate of drug-likeness (QED) is 0.167.